The van der Waals surface area contributed by atoms with Crippen molar-refractivity contribution in [1.82, 2.24) is 10.2 Å². The minimum atomic E-state index is -1.01. The van der Waals surface area contributed by atoms with Crippen LogP contribution in [0.3, 0.4) is 0 Å². The monoisotopic (exact) mass is 240 g/mol. The topological polar surface area (TPSA) is 69.6 Å². The first-order valence-electron chi connectivity index (χ1n) is 5.99. The van der Waals surface area contributed by atoms with Crippen LogP contribution in [0.1, 0.15) is 25.7 Å². The standard InChI is InChI=1S/C12H20N2O3/c1-2-8-14(9-11(15)16)12(17)13-7-3-4-10-5-6-10/h2,10H,1,3-9H2,(H,13,17)(H,15,16). The number of rotatable bonds is 8. The van der Waals surface area contributed by atoms with E-state index in [0.717, 1.165) is 18.8 Å². The number of amides is 2. The Hall–Kier alpha value is -1.52. The van der Waals surface area contributed by atoms with Crippen molar-refractivity contribution >= 4 is 12.0 Å². The summed E-state index contributed by atoms with van der Waals surface area (Å²) in [4.78, 5) is 23.4. The van der Waals surface area contributed by atoms with Gasteiger partial charge in [0.15, 0.2) is 0 Å². The van der Waals surface area contributed by atoms with E-state index in [-0.39, 0.29) is 19.1 Å². The number of aliphatic carboxylic acids is 1. The fourth-order valence-corrected chi connectivity index (χ4v) is 1.64. The zero-order valence-electron chi connectivity index (χ0n) is 10.0. The molecule has 1 rings (SSSR count). The first-order chi connectivity index (χ1) is 8.13. The van der Waals surface area contributed by atoms with Gasteiger partial charge < -0.3 is 15.3 Å². The molecule has 5 heteroatoms. The molecule has 0 aromatic heterocycles. The average Bonchev–Trinajstić information content (AvgIpc) is 3.07. The van der Waals surface area contributed by atoms with E-state index in [2.05, 4.69) is 11.9 Å². The van der Waals surface area contributed by atoms with Gasteiger partial charge in [-0.25, -0.2) is 4.79 Å². The molecule has 1 saturated carbocycles. The predicted octanol–water partition coefficient (Wildman–Crippen LogP) is 1.46. The average molecular weight is 240 g/mol. The lowest BCUT2D eigenvalue weighted by molar-refractivity contribution is -0.137. The minimum Gasteiger partial charge on any atom is -0.480 e. The molecule has 0 radical (unpaired) electrons. The molecule has 0 bridgehead atoms. The van der Waals surface area contributed by atoms with E-state index in [9.17, 15) is 9.59 Å². The summed E-state index contributed by atoms with van der Waals surface area (Å²) in [7, 11) is 0. The fraction of sp³-hybridized carbons (Fsp3) is 0.667. The van der Waals surface area contributed by atoms with Gasteiger partial charge in [0.25, 0.3) is 0 Å². The maximum atomic E-state index is 11.6. The van der Waals surface area contributed by atoms with E-state index in [4.69, 9.17) is 5.11 Å². The van der Waals surface area contributed by atoms with Crippen LogP contribution >= 0.6 is 0 Å². The smallest absolute Gasteiger partial charge is 0.323 e. The lowest BCUT2D eigenvalue weighted by atomic mass is 10.2. The van der Waals surface area contributed by atoms with Gasteiger partial charge in [-0.05, 0) is 18.8 Å². The van der Waals surface area contributed by atoms with Crippen LogP contribution < -0.4 is 5.32 Å². The summed E-state index contributed by atoms with van der Waals surface area (Å²) in [5.41, 5.74) is 0. The predicted molar refractivity (Wildman–Crippen MR) is 64.8 cm³/mol. The Bertz CT molecular complexity index is 287. The Morgan fingerprint density at radius 1 is 1.47 bits per heavy atom. The number of hydrogen-bond donors (Lipinski definition) is 2. The van der Waals surface area contributed by atoms with Crippen LogP contribution in [-0.4, -0.2) is 41.6 Å². The van der Waals surface area contributed by atoms with E-state index in [1.165, 1.54) is 23.8 Å². The first kappa shape index (κ1) is 13.5. The number of hydrogen-bond acceptors (Lipinski definition) is 2. The maximum Gasteiger partial charge on any atom is 0.323 e. The van der Waals surface area contributed by atoms with Crippen LogP contribution in [0.4, 0.5) is 4.79 Å². The summed E-state index contributed by atoms with van der Waals surface area (Å²) in [6.45, 7) is 4.08. The van der Waals surface area contributed by atoms with Crippen molar-refractivity contribution < 1.29 is 14.7 Å². The molecule has 5 nitrogen and oxygen atoms in total. The van der Waals surface area contributed by atoms with Crippen molar-refractivity contribution in [1.29, 1.82) is 0 Å². The van der Waals surface area contributed by atoms with Crippen LogP contribution in [0.2, 0.25) is 0 Å². The van der Waals surface area contributed by atoms with Crippen molar-refractivity contribution in [3.05, 3.63) is 12.7 Å². The highest BCUT2D eigenvalue weighted by Crippen LogP contribution is 2.33. The van der Waals surface area contributed by atoms with E-state index >= 15 is 0 Å². The van der Waals surface area contributed by atoms with Crippen molar-refractivity contribution in [3.8, 4) is 0 Å². The van der Waals surface area contributed by atoms with Crippen molar-refractivity contribution in [3.63, 3.8) is 0 Å². The molecule has 0 unspecified atom stereocenters. The molecule has 0 aliphatic heterocycles. The van der Waals surface area contributed by atoms with Gasteiger partial charge in [-0.2, -0.15) is 0 Å². The molecule has 17 heavy (non-hydrogen) atoms. The largest absolute Gasteiger partial charge is 0.480 e. The van der Waals surface area contributed by atoms with Gasteiger partial charge in [-0.15, -0.1) is 6.58 Å². The molecule has 1 fully saturated rings. The second-order valence-electron chi connectivity index (χ2n) is 4.38. The summed E-state index contributed by atoms with van der Waals surface area (Å²) in [5.74, 6) is -0.157. The number of nitrogens with zero attached hydrogens (tertiary/aromatic N) is 1. The van der Waals surface area contributed by atoms with Gasteiger partial charge in [0, 0.05) is 13.1 Å². The Balaban J connectivity index is 2.19. The number of carboxylic acids is 1. The Kier molecular flexibility index (Phi) is 5.52. The number of carboxylic acid groups (broad SMARTS) is 1. The molecule has 1 aliphatic rings. The van der Waals surface area contributed by atoms with E-state index in [1.54, 1.807) is 0 Å². The summed E-state index contributed by atoms with van der Waals surface area (Å²) in [6, 6.07) is -0.330. The van der Waals surface area contributed by atoms with E-state index in [0.29, 0.717) is 6.54 Å². The molecular weight excluding hydrogens is 220 g/mol. The molecule has 0 aromatic carbocycles. The van der Waals surface area contributed by atoms with Crippen molar-refractivity contribution in [2.24, 2.45) is 5.92 Å². The van der Waals surface area contributed by atoms with Gasteiger partial charge >= 0.3 is 12.0 Å². The van der Waals surface area contributed by atoms with Crippen LogP contribution in [0.15, 0.2) is 12.7 Å². The Morgan fingerprint density at radius 2 is 2.18 bits per heavy atom. The van der Waals surface area contributed by atoms with Crippen LogP contribution in [0.25, 0.3) is 0 Å². The molecule has 96 valence electrons. The second-order valence-corrected chi connectivity index (χ2v) is 4.38. The van der Waals surface area contributed by atoms with Crippen molar-refractivity contribution in [2.45, 2.75) is 25.7 Å². The van der Waals surface area contributed by atoms with Gasteiger partial charge in [-0.1, -0.05) is 18.9 Å². The number of carbonyl (C=O) groups is 2. The van der Waals surface area contributed by atoms with Crippen molar-refractivity contribution in [2.75, 3.05) is 19.6 Å². The number of nitrogens with one attached hydrogen (secondary N) is 1. The van der Waals surface area contributed by atoms with Gasteiger partial charge in [0.05, 0.1) is 0 Å². The van der Waals surface area contributed by atoms with E-state index < -0.39 is 5.97 Å². The molecule has 0 saturated heterocycles. The quantitative estimate of drug-likeness (QED) is 0.498. The number of carbonyl (C=O) groups excluding carboxylic acids is 1. The molecule has 2 N–H and O–H groups in total. The third-order valence-electron chi connectivity index (χ3n) is 2.73. The Labute approximate surface area is 101 Å². The van der Waals surface area contributed by atoms with Crippen LogP contribution in [0, 0.1) is 5.92 Å². The summed E-state index contributed by atoms with van der Waals surface area (Å²) in [6.07, 6.45) is 6.27. The lowest BCUT2D eigenvalue weighted by Crippen LogP contribution is -2.43. The molecular formula is C12H20N2O3. The zero-order valence-corrected chi connectivity index (χ0v) is 10.0. The highest BCUT2D eigenvalue weighted by atomic mass is 16.4. The highest BCUT2D eigenvalue weighted by Gasteiger charge is 2.20. The molecule has 0 aromatic rings. The first-order valence-corrected chi connectivity index (χ1v) is 5.99. The SMILES string of the molecule is C=CCN(CC(=O)O)C(=O)NCCCC1CC1. The van der Waals surface area contributed by atoms with Crippen LogP contribution in [0.5, 0.6) is 0 Å². The normalized spacial score (nSPS) is 14.1. The molecule has 0 spiro atoms. The molecule has 0 atom stereocenters. The lowest BCUT2D eigenvalue weighted by Gasteiger charge is -2.19. The second kappa shape index (κ2) is 6.93. The summed E-state index contributed by atoms with van der Waals surface area (Å²) >= 11 is 0. The van der Waals surface area contributed by atoms with Gasteiger partial charge in [0.2, 0.25) is 0 Å². The zero-order chi connectivity index (χ0) is 12.7. The number of urea groups is 1. The maximum absolute atomic E-state index is 11.6. The molecule has 2 amide bonds. The third kappa shape index (κ3) is 5.94. The fourth-order valence-electron chi connectivity index (χ4n) is 1.64. The van der Waals surface area contributed by atoms with Gasteiger partial charge in [-0.3, -0.25) is 4.79 Å². The van der Waals surface area contributed by atoms with Gasteiger partial charge in [0.1, 0.15) is 6.54 Å². The molecule has 1 aliphatic carbocycles. The van der Waals surface area contributed by atoms with E-state index in [1.807, 2.05) is 0 Å². The summed E-state index contributed by atoms with van der Waals surface area (Å²) < 4.78 is 0. The van der Waals surface area contributed by atoms with Crippen LogP contribution in [-0.2, 0) is 4.79 Å². The third-order valence-corrected chi connectivity index (χ3v) is 2.73. The highest BCUT2D eigenvalue weighted by molar-refractivity contribution is 5.80. The summed E-state index contributed by atoms with van der Waals surface area (Å²) in [5, 5.41) is 11.4. The Morgan fingerprint density at radius 3 is 2.71 bits per heavy atom. The minimum absolute atomic E-state index is 0.251. The molecule has 0 heterocycles.